The first-order chi connectivity index (χ1) is 13.3. The number of benzene rings is 1. The van der Waals surface area contributed by atoms with E-state index in [4.69, 9.17) is 14.5 Å². The van der Waals surface area contributed by atoms with E-state index in [-0.39, 0.29) is 6.79 Å². The number of fused-ring (bicyclic) bond motifs is 2. The fourth-order valence-electron chi connectivity index (χ4n) is 3.77. The maximum Gasteiger partial charge on any atom is 0.231 e. The molecule has 0 unspecified atom stereocenters. The van der Waals surface area contributed by atoms with Crippen LogP contribution in [0.15, 0.2) is 41.0 Å². The molecule has 0 amide bonds. The highest BCUT2D eigenvalue weighted by atomic mass is 79.9. The van der Waals surface area contributed by atoms with Crippen LogP contribution in [0.25, 0.3) is 16.9 Å². The van der Waals surface area contributed by atoms with E-state index >= 15 is 0 Å². The third kappa shape index (κ3) is 3.31. The van der Waals surface area contributed by atoms with Gasteiger partial charge >= 0.3 is 0 Å². The molecule has 4 heterocycles. The lowest BCUT2D eigenvalue weighted by Crippen LogP contribution is -2.28. The van der Waals surface area contributed by atoms with Gasteiger partial charge in [0.25, 0.3) is 0 Å². The summed E-state index contributed by atoms with van der Waals surface area (Å²) in [6.07, 6.45) is 3.27. The maximum atomic E-state index is 5.58. The van der Waals surface area contributed by atoms with Gasteiger partial charge < -0.3 is 19.2 Å². The van der Waals surface area contributed by atoms with Gasteiger partial charge in [0, 0.05) is 35.9 Å². The van der Waals surface area contributed by atoms with Crippen LogP contribution in [0.4, 0.5) is 0 Å². The first-order valence-corrected chi connectivity index (χ1v) is 10.1. The van der Waals surface area contributed by atoms with Gasteiger partial charge in [0.05, 0.1) is 11.4 Å². The van der Waals surface area contributed by atoms with Crippen LogP contribution in [0, 0.1) is 0 Å². The third-order valence-electron chi connectivity index (χ3n) is 5.13. The molecule has 1 fully saturated rings. The summed E-state index contributed by atoms with van der Waals surface area (Å²) in [5, 5.41) is 3.48. The molecule has 0 radical (unpaired) electrons. The average Bonchev–Trinajstić information content (AvgIpc) is 3.18. The van der Waals surface area contributed by atoms with Gasteiger partial charge in [-0.3, -0.25) is 4.90 Å². The van der Waals surface area contributed by atoms with Crippen molar-refractivity contribution in [3.63, 3.8) is 0 Å². The topological polar surface area (TPSA) is 51.0 Å². The van der Waals surface area contributed by atoms with E-state index in [2.05, 4.69) is 42.8 Å². The second kappa shape index (κ2) is 7.14. The van der Waals surface area contributed by atoms with E-state index in [0.717, 1.165) is 65.6 Å². The summed E-state index contributed by atoms with van der Waals surface area (Å²) < 4.78 is 14.3. The van der Waals surface area contributed by atoms with Crippen LogP contribution in [-0.2, 0) is 6.54 Å². The van der Waals surface area contributed by atoms with Gasteiger partial charge in [-0.25, -0.2) is 4.98 Å². The second-order valence-corrected chi connectivity index (χ2v) is 7.85. The van der Waals surface area contributed by atoms with Crippen molar-refractivity contribution in [3.05, 3.63) is 46.7 Å². The number of imidazole rings is 1. The highest BCUT2D eigenvalue weighted by molar-refractivity contribution is 9.10. The Morgan fingerprint density at radius 1 is 1.07 bits per heavy atom. The zero-order valence-electron chi connectivity index (χ0n) is 14.9. The Morgan fingerprint density at radius 2 is 2.00 bits per heavy atom. The predicted octanol–water partition coefficient (Wildman–Crippen LogP) is 3.29. The van der Waals surface area contributed by atoms with Crippen molar-refractivity contribution < 1.29 is 9.47 Å². The standard InChI is InChI=1S/C20H21BrN4O2/c21-15-3-5-19-23-20(14-2-4-17-18(10-14)27-13-26-17)16(25(19)11-15)12-24-8-1-6-22-7-9-24/h2-5,10-11,22H,1,6-9,12-13H2. The van der Waals surface area contributed by atoms with Crippen molar-refractivity contribution in [1.82, 2.24) is 19.6 Å². The predicted molar refractivity (Wildman–Crippen MR) is 107 cm³/mol. The van der Waals surface area contributed by atoms with Gasteiger partial charge in [-0.2, -0.15) is 0 Å². The maximum absolute atomic E-state index is 5.58. The van der Waals surface area contributed by atoms with Gasteiger partial charge in [-0.15, -0.1) is 0 Å². The van der Waals surface area contributed by atoms with E-state index in [1.165, 1.54) is 12.1 Å². The Morgan fingerprint density at radius 3 is 2.96 bits per heavy atom. The van der Waals surface area contributed by atoms with Crippen LogP contribution in [0.1, 0.15) is 12.1 Å². The summed E-state index contributed by atoms with van der Waals surface area (Å²) in [4.78, 5) is 7.44. The smallest absolute Gasteiger partial charge is 0.231 e. The molecule has 27 heavy (non-hydrogen) atoms. The SMILES string of the molecule is Brc1ccc2nc(-c3ccc4c(c3)OCO4)c(CN3CCCNCC3)n2c1. The number of ether oxygens (including phenoxy) is 2. The van der Waals surface area contributed by atoms with Crippen molar-refractivity contribution in [3.8, 4) is 22.8 Å². The Hall–Kier alpha value is -2.09. The van der Waals surface area contributed by atoms with Crippen LogP contribution in [0.2, 0.25) is 0 Å². The number of hydrogen-bond donors (Lipinski definition) is 1. The van der Waals surface area contributed by atoms with Gasteiger partial charge in [-0.05, 0) is 65.8 Å². The van der Waals surface area contributed by atoms with Crippen molar-refractivity contribution in [1.29, 1.82) is 0 Å². The minimum atomic E-state index is 0.282. The molecule has 0 aliphatic carbocycles. The molecule has 2 aliphatic rings. The minimum Gasteiger partial charge on any atom is -0.454 e. The molecular formula is C20H21BrN4O2. The summed E-state index contributed by atoms with van der Waals surface area (Å²) in [5.74, 6) is 1.58. The summed E-state index contributed by atoms with van der Waals surface area (Å²) in [6, 6.07) is 10.2. The number of pyridine rings is 1. The van der Waals surface area contributed by atoms with Crippen LogP contribution in [0.5, 0.6) is 11.5 Å². The summed E-state index contributed by atoms with van der Waals surface area (Å²) >= 11 is 3.60. The third-order valence-corrected chi connectivity index (χ3v) is 5.60. The molecule has 3 aromatic rings. The highest BCUT2D eigenvalue weighted by Gasteiger charge is 2.21. The van der Waals surface area contributed by atoms with Crippen molar-refractivity contribution in [2.45, 2.75) is 13.0 Å². The highest BCUT2D eigenvalue weighted by Crippen LogP contribution is 2.37. The lowest BCUT2D eigenvalue weighted by molar-refractivity contribution is 0.174. The molecule has 2 aliphatic heterocycles. The Labute approximate surface area is 166 Å². The molecular weight excluding hydrogens is 408 g/mol. The Bertz CT molecular complexity index is 980. The zero-order valence-corrected chi connectivity index (χ0v) is 16.5. The van der Waals surface area contributed by atoms with E-state index in [1.54, 1.807) is 0 Å². The molecule has 140 valence electrons. The number of rotatable bonds is 3. The first-order valence-electron chi connectivity index (χ1n) is 9.27. The summed E-state index contributed by atoms with van der Waals surface area (Å²) in [5.41, 5.74) is 4.21. The van der Waals surface area contributed by atoms with E-state index in [1.807, 2.05) is 24.3 Å². The molecule has 6 nitrogen and oxygen atoms in total. The van der Waals surface area contributed by atoms with Gasteiger partial charge in [0.15, 0.2) is 11.5 Å². The van der Waals surface area contributed by atoms with Crippen LogP contribution >= 0.6 is 15.9 Å². The largest absolute Gasteiger partial charge is 0.454 e. The summed E-state index contributed by atoms with van der Waals surface area (Å²) in [6.45, 7) is 5.40. The van der Waals surface area contributed by atoms with Gasteiger partial charge in [0.2, 0.25) is 6.79 Å². The fourth-order valence-corrected chi connectivity index (χ4v) is 4.10. The molecule has 0 bridgehead atoms. The molecule has 5 rings (SSSR count). The number of aromatic nitrogens is 2. The van der Waals surface area contributed by atoms with E-state index in [0.29, 0.717) is 0 Å². The number of nitrogens with zero attached hydrogens (tertiary/aromatic N) is 3. The fraction of sp³-hybridized carbons (Fsp3) is 0.350. The minimum absolute atomic E-state index is 0.282. The molecule has 2 aromatic heterocycles. The van der Waals surface area contributed by atoms with Crippen LogP contribution < -0.4 is 14.8 Å². The zero-order chi connectivity index (χ0) is 18.2. The van der Waals surface area contributed by atoms with Gasteiger partial charge in [-0.1, -0.05) is 0 Å². The number of halogens is 1. The lowest BCUT2D eigenvalue weighted by atomic mass is 10.1. The number of nitrogens with one attached hydrogen (secondary N) is 1. The monoisotopic (exact) mass is 428 g/mol. The molecule has 0 saturated carbocycles. The summed E-state index contributed by atoms with van der Waals surface area (Å²) in [7, 11) is 0. The lowest BCUT2D eigenvalue weighted by Gasteiger charge is -2.20. The van der Waals surface area contributed by atoms with Crippen molar-refractivity contribution >= 4 is 21.6 Å². The van der Waals surface area contributed by atoms with Crippen molar-refractivity contribution in [2.75, 3.05) is 33.0 Å². The molecule has 1 aromatic carbocycles. The second-order valence-electron chi connectivity index (χ2n) is 6.93. The van der Waals surface area contributed by atoms with E-state index < -0.39 is 0 Å². The molecule has 0 atom stereocenters. The van der Waals surface area contributed by atoms with Gasteiger partial charge in [0.1, 0.15) is 5.65 Å². The Balaban J connectivity index is 1.60. The molecule has 1 saturated heterocycles. The average molecular weight is 429 g/mol. The molecule has 7 heteroatoms. The quantitative estimate of drug-likeness (QED) is 0.693. The van der Waals surface area contributed by atoms with Crippen LogP contribution in [0.3, 0.4) is 0 Å². The molecule has 0 spiro atoms. The van der Waals surface area contributed by atoms with Crippen LogP contribution in [-0.4, -0.2) is 47.3 Å². The first kappa shape index (κ1) is 17.0. The van der Waals surface area contributed by atoms with E-state index in [9.17, 15) is 0 Å². The van der Waals surface area contributed by atoms with Crippen molar-refractivity contribution in [2.24, 2.45) is 0 Å². The normalized spacial score (nSPS) is 17.4. The number of hydrogen-bond acceptors (Lipinski definition) is 5. The Kier molecular flexibility index (Phi) is 4.51. The molecule has 1 N–H and O–H groups in total.